The first-order valence-corrected chi connectivity index (χ1v) is 9.58. The van der Waals surface area contributed by atoms with Gasteiger partial charge in [-0.15, -0.1) is 0 Å². The largest absolute Gasteiger partial charge is 0.357 e. The quantitative estimate of drug-likeness (QED) is 0.559. The summed E-state index contributed by atoms with van der Waals surface area (Å²) in [4.78, 5) is 7.33. The normalized spacial score (nSPS) is 18.8. The molecule has 0 saturated carbocycles. The molecule has 4 nitrogen and oxygen atoms in total. The van der Waals surface area contributed by atoms with Crippen molar-refractivity contribution in [2.24, 2.45) is 10.9 Å². The molecule has 2 N–H and O–H groups in total. The molecule has 0 radical (unpaired) electrons. The van der Waals surface area contributed by atoms with E-state index in [1.54, 1.807) is 0 Å². The molecule has 1 heterocycles. The first-order valence-electron chi connectivity index (χ1n) is 9.20. The molecule has 24 heavy (non-hydrogen) atoms. The maximum absolute atomic E-state index is 6.21. The second-order valence-corrected chi connectivity index (χ2v) is 6.85. The summed E-state index contributed by atoms with van der Waals surface area (Å²) in [6.45, 7) is 10.6. The topological polar surface area (TPSA) is 39.7 Å². The molecule has 0 spiro atoms. The van der Waals surface area contributed by atoms with Crippen molar-refractivity contribution < 1.29 is 0 Å². The van der Waals surface area contributed by atoms with E-state index < -0.39 is 0 Å². The number of benzene rings is 1. The maximum atomic E-state index is 6.21. The van der Waals surface area contributed by atoms with E-state index in [1.807, 2.05) is 18.2 Å². The first kappa shape index (κ1) is 19.1. The Labute approximate surface area is 151 Å². The predicted molar refractivity (Wildman–Crippen MR) is 104 cm³/mol. The van der Waals surface area contributed by atoms with E-state index in [9.17, 15) is 0 Å². The van der Waals surface area contributed by atoms with Crippen LogP contribution in [0.4, 0.5) is 0 Å². The summed E-state index contributed by atoms with van der Waals surface area (Å²) in [5.74, 6) is 1.61. The van der Waals surface area contributed by atoms with Gasteiger partial charge in [-0.1, -0.05) is 36.7 Å². The molecule has 0 aliphatic carbocycles. The minimum absolute atomic E-state index is 0.690. The average molecular weight is 351 g/mol. The fourth-order valence-corrected chi connectivity index (χ4v) is 3.39. The minimum atomic E-state index is 0.690. The summed E-state index contributed by atoms with van der Waals surface area (Å²) in [7, 11) is 0. The van der Waals surface area contributed by atoms with Crippen LogP contribution in [-0.2, 0) is 6.42 Å². The van der Waals surface area contributed by atoms with Crippen LogP contribution in [0.3, 0.4) is 0 Å². The Kier molecular flexibility index (Phi) is 8.40. The zero-order valence-corrected chi connectivity index (χ0v) is 15.8. The van der Waals surface area contributed by atoms with E-state index in [0.717, 1.165) is 37.0 Å². The van der Waals surface area contributed by atoms with Crippen molar-refractivity contribution in [2.75, 3.05) is 39.3 Å². The first-order chi connectivity index (χ1) is 11.7. The molecule has 1 aliphatic heterocycles. The minimum Gasteiger partial charge on any atom is -0.357 e. The van der Waals surface area contributed by atoms with Crippen LogP contribution in [0.25, 0.3) is 0 Å². The van der Waals surface area contributed by atoms with Crippen LogP contribution >= 0.6 is 11.6 Å². The number of aliphatic imine (C=N–C) groups is 1. The molecule has 5 heteroatoms. The summed E-state index contributed by atoms with van der Waals surface area (Å²) in [5.41, 5.74) is 1.17. The Morgan fingerprint density at radius 1 is 1.29 bits per heavy atom. The number of nitrogens with one attached hydrogen (secondary N) is 2. The standard InChI is InChI=1S/C19H31ClN4/c1-3-12-24-13-10-16(15-24)14-23-19(21-4-2)22-11-9-17-7-5-6-8-18(17)20/h5-8,16H,3-4,9-15H2,1-2H3,(H2,21,22,23). The molecule has 1 fully saturated rings. The fraction of sp³-hybridized carbons (Fsp3) is 0.632. The van der Waals surface area contributed by atoms with Gasteiger partial charge in [0.05, 0.1) is 0 Å². The van der Waals surface area contributed by atoms with Crippen LogP contribution in [0.1, 0.15) is 32.3 Å². The second-order valence-electron chi connectivity index (χ2n) is 6.44. The SMILES string of the molecule is CCCN1CCC(CN=C(NCC)NCCc2ccccc2Cl)C1. The van der Waals surface area contributed by atoms with Gasteiger partial charge in [-0.3, -0.25) is 4.99 Å². The lowest BCUT2D eigenvalue weighted by molar-refractivity contribution is 0.326. The van der Waals surface area contributed by atoms with E-state index >= 15 is 0 Å². The van der Waals surface area contributed by atoms with Gasteiger partial charge in [0.25, 0.3) is 0 Å². The summed E-state index contributed by atoms with van der Waals surface area (Å²) in [5, 5.41) is 7.60. The lowest BCUT2D eigenvalue weighted by atomic mass is 10.1. The van der Waals surface area contributed by atoms with Crippen LogP contribution in [0.2, 0.25) is 5.02 Å². The van der Waals surface area contributed by atoms with E-state index in [0.29, 0.717) is 5.92 Å². The molecule has 1 aliphatic rings. The molecular weight excluding hydrogens is 320 g/mol. The van der Waals surface area contributed by atoms with E-state index in [-0.39, 0.29) is 0 Å². The number of nitrogens with zero attached hydrogens (tertiary/aromatic N) is 2. The zero-order chi connectivity index (χ0) is 17.2. The maximum Gasteiger partial charge on any atom is 0.191 e. The molecule has 0 aromatic heterocycles. The van der Waals surface area contributed by atoms with Gasteiger partial charge in [0, 0.05) is 31.2 Å². The van der Waals surface area contributed by atoms with Crippen molar-refractivity contribution in [3.63, 3.8) is 0 Å². The van der Waals surface area contributed by atoms with E-state index in [4.69, 9.17) is 16.6 Å². The highest BCUT2D eigenvalue weighted by Crippen LogP contribution is 2.16. The summed E-state index contributed by atoms with van der Waals surface area (Å²) >= 11 is 6.21. The predicted octanol–water partition coefficient (Wildman–Crippen LogP) is 3.17. The van der Waals surface area contributed by atoms with Gasteiger partial charge in [0.15, 0.2) is 5.96 Å². The third-order valence-electron chi connectivity index (χ3n) is 4.41. The Balaban J connectivity index is 1.77. The van der Waals surface area contributed by atoms with Crippen molar-refractivity contribution in [1.29, 1.82) is 0 Å². The number of halogens is 1. The molecule has 1 atom stereocenters. The van der Waals surface area contributed by atoms with Gasteiger partial charge < -0.3 is 15.5 Å². The molecule has 1 unspecified atom stereocenters. The van der Waals surface area contributed by atoms with Crippen molar-refractivity contribution >= 4 is 17.6 Å². The number of hydrogen-bond donors (Lipinski definition) is 2. The highest BCUT2D eigenvalue weighted by atomic mass is 35.5. The molecule has 2 rings (SSSR count). The summed E-state index contributed by atoms with van der Waals surface area (Å²) in [6, 6.07) is 8.02. The third kappa shape index (κ3) is 6.33. The number of likely N-dealkylation sites (tertiary alicyclic amines) is 1. The molecule has 134 valence electrons. The van der Waals surface area contributed by atoms with Crippen molar-refractivity contribution in [3.05, 3.63) is 34.9 Å². The van der Waals surface area contributed by atoms with Gasteiger partial charge in [-0.05, 0) is 56.8 Å². The molecule has 1 aromatic carbocycles. The third-order valence-corrected chi connectivity index (χ3v) is 4.77. The van der Waals surface area contributed by atoms with Gasteiger partial charge in [0.1, 0.15) is 0 Å². The fourth-order valence-electron chi connectivity index (χ4n) is 3.16. The monoisotopic (exact) mass is 350 g/mol. The van der Waals surface area contributed by atoms with Crippen LogP contribution < -0.4 is 10.6 Å². The molecule has 1 aromatic rings. The van der Waals surface area contributed by atoms with Crippen LogP contribution in [-0.4, -0.2) is 50.1 Å². The van der Waals surface area contributed by atoms with Gasteiger partial charge in [-0.25, -0.2) is 0 Å². The second kappa shape index (κ2) is 10.6. The lowest BCUT2D eigenvalue weighted by Crippen LogP contribution is -2.38. The smallest absolute Gasteiger partial charge is 0.191 e. The highest BCUT2D eigenvalue weighted by molar-refractivity contribution is 6.31. The van der Waals surface area contributed by atoms with Gasteiger partial charge in [-0.2, -0.15) is 0 Å². The molecule has 1 saturated heterocycles. The van der Waals surface area contributed by atoms with Crippen molar-refractivity contribution in [2.45, 2.75) is 33.1 Å². The highest BCUT2D eigenvalue weighted by Gasteiger charge is 2.21. The Hall–Kier alpha value is -1.26. The molecule has 0 amide bonds. The van der Waals surface area contributed by atoms with E-state index in [1.165, 1.54) is 38.0 Å². The van der Waals surface area contributed by atoms with Crippen molar-refractivity contribution in [1.82, 2.24) is 15.5 Å². The Morgan fingerprint density at radius 2 is 2.12 bits per heavy atom. The van der Waals surface area contributed by atoms with Crippen molar-refractivity contribution in [3.8, 4) is 0 Å². The van der Waals surface area contributed by atoms with Gasteiger partial charge in [0.2, 0.25) is 0 Å². The van der Waals surface area contributed by atoms with Gasteiger partial charge >= 0.3 is 0 Å². The average Bonchev–Trinajstić information content (AvgIpc) is 3.02. The summed E-state index contributed by atoms with van der Waals surface area (Å²) in [6.07, 6.45) is 3.41. The van der Waals surface area contributed by atoms with Crippen LogP contribution in [0, 0.1) is 5.92 Å². The number of hydrogen-bond acceptors (Lipinski definition) is 2. The van der Waals surface area contributed by atoms with Crippen LogP contribution in [0.15, 0.2) is 29.3 Å². The molecular formula is C19H31ClN4. The number of rotatable bonds is 8. The summed E-state index contributed by atoms with van der Waals surface area (Å²) < 4.78 is 0. The van der Waals surface area contributed by atoms with E-state index in [2.05, 4.69) is 35.4 Å². The number of guanidine groups is 1. The lowest BCUT2D eigenvalue weighted by Gasteiger charge is -2.15. The van der Waals surface area contributed by atoms with Crippen LogP contribution in [0.5, 0.6) is 0 Å². The zero-order valence-electron chi connectivity index (χ0n) is 15.0. The Bertz CT molecular complexity index is 518. The Morgan fingerprint density at radius 3 is 2.88 bits per heavy atom. The molecule has 0 bridgehead atoms.